The van der Waals surface area contributed by atoms with Crippen molar-refractivity contribution in [2.75, 3.05) is 6.54 Å². The van der Waals surface area contributed by atoms with Gasteiger partial charge < -0.3 is 20.8 Å². The normalized spacial score (nSPS) is 20.2. The van der Waals surface area contributed by atoms with Crippen LogP contribution in [0.2, 0.25) is 0 Å². The van der Waals surface area contributed by atoms with Crippen molar-refractivity contribution < 1.29 is 4.74 Å². The minimum atomic E-state index is -0.153. The van der Waals surface area contributed by atoms with Crippen molar-refractivity contribution in [3.8, 4) is 5.75 Å². The summed E-state index contributed by atoms with van der Waals surface area (Å²) in [5.41, 5.74) is 7.70. The Morgan fingerprint density at radius 1 is 1.19 bits per heavy atom. The maximum absolute atomic E-state index is 12.8. The summed E-state index contributed by atoms with van der Waals surface area (Å²) < 4.78 is 7.38. The fourth-order valence-corrected chi connectivity index (χ4v) is 4.12. The van der Waals surface area contributed by atoms with E-state index >= 15 is 0 Å². The van der Waals surface area contributed by atoms with Gasteiger partial charge in [0.25, 0.3) is 5.56 Å². The van der Waals surface area contributed by atoms with Crippen molar-refractivity contribution in [2.45, 2.75) is 32.9 Å². The second-order valence-electron chi connectivity index (χ2n) is 8.34. The molecule has 3 heterocycles. The Hall–Kier alpha value is -3.45. The zero-order valence-electron chi connectivity index (χ0n) is 17.8. The van der Waals surface area contributed by atoms with E-state index in [4.69, 9.17) is 4.74 Å². The van der Waals surface area contributed by atoms with Crippen LogP contribution in [0.3, 0.4) is 0 Å². The average molecular weight is 418 g/mol. The van der Waals surface area contributed by atoms with Crippen LogP contribution in [0.1, 0.15) is 25.8 Å². The molecule has 7 heteroatoms. The molecular weight excluding hydrogens is 390 g/mol. The Bertz CT molecular complexity index is 1130. The highest BCUT2D eigenvalue weighted by atomic mass is 16.5. The Kier molecular flexibility index (Phi) is 5.03. The molecule has 1 aromatic carbocycles. The van der Waals surface area contributed by atoms with E-state index in [0.29, 0.717) is 30.1 Å². The highest BCUT2D eigenvalue weighted by Gasteiger charge is 2.35. The van der Waals surface area contributed by atoms with Crippen LogP contribution in [0.15, 0.2) is 82.8 Å². The van der Waals surface area contributed by atoms with Crippen LogP contribution in [-0.4, -0.2) is 22.2 Å². The van der Waals surface area contributed by atoms with Crippen molar-refractivity contribution >= 4 is 5.82 Å². The van der Waals surface area contributed by atoms with Gasteiger partial charge in [0, 0.05) is 37.0 Å². The summed E-state index contributed by atoms with van der Waals surface area (Å²) in [5, 5.41) is 9.07. The maximum atomic E-state index is 12.8. The fourth-order valence-electron chi connectivity index (χ4n) is 4.12. The first-order valence-electron chi connectivity index (χ1n) is 10.7. The van der Waals surface area contributed by atoms with Crippen LogP contribution in [0.4, 0.5) is 0 Å². The summed E-state index contributed by atoms with van der Waals surface area (Å²) in [6, 6.07) is 13.7. The molecule has 3 N–H and O–H groups in total. The molecule has 7 nitrogen and oxygen atoms in total. The predicted molar refractivity (Wildman–Crippen MR) is 120 cm³/mol. The molecule has 160 valence electrons. The third-order valence-electron chi connectivity index (χ3n) is 5.87. The minimum Gasteiger partial charge on any atom is -0.489 e. The van der Waals surface area contributed by atoms with Gasteiger partial charge in [0.1, 0.15) is 18.2 Å². The van der Waals surface area contributed by atoms with Gasteiger partial charge in [-0.3, -0.25) is 9.36 Å². The number of aromatic nitrogens is 1. The number of pyridine rings is 1. The van der Waals surface area contributed by atoms with Gasteiger partial charge in [0.05, 0.1) is 17.1 Å². The lowest BCUT2D eigenvalue weighted by molar-refractivity contribution is 0.201. The van der Waals surface area contributed by atoms with E-state index < -0.39 is 0 Å². The molecule has 0 radical (unpaired) electrons. The Morgan fingerprint density at radius 3 is 2.81 bits per heavy atom. The molecule has 1 aromatic heterocycles. The molecular formula is C24H27N5O2. The molecule has 5 rings (SSSR count). The van der Waals surface area contributed by atoms with E-state index in [9.17, 15) is 4.79 Å². The largest absolute Gasteiger partial charge is 0.489 e. The molecule has 1 fully saturated rings. The second-order valence-corrected chi connectivity index (χ2v) is 8.34. The van der Waals surface area contributed by atoms with E-state index in [0.717, 1.165) is 29.9 Å². The lowest BCUT2D eigenvalue weighted by Crippen LogP contribution is -2.39. The number of hydrogen-bond donors (Lipinski definition) is 3. The minimum absolute atomic E-state index is 0.153. The van der Waals surface area contributed by atoms with Gasteiger partial charge in [-0.2, -0.15) is 0 Å². The second kappa shape index (κ2) is 8.00. The number of hydrogen-bond acceptors (Lipinski definition) is 6. The van der Waals surface area contributed by atoms with Crippen LogP contribution in [-0.2, 0) is 6.61 Å². The monoisotopic (exact) mass is 417 g/mol. The van der Waals surface area contributed by atoms with Crippen molar-refractivity contribution in [3.63, 3.8) is 0 Å². The van der Waals surface area contributed by atoms with Gasteiger partial charge in [-0.25, -0.2) is 5.01 Å². The zero-order chi connectivity index (χ0) is 21.4. The van der Waals surface area contributed by atoms with Gasteiger partial charge in [-0.15, -0.1) is 0 Å². The highest BCUT2D eigenvalue weighted by Crippen LogP contribution is 2.33. The molecule has 2 aliphatic heterocycles. The number of nitrogens with zero attached hydrogens (tertiary/aromatic N) is 2. The molecule has 0 spiro atoms. The zero-order valence-corrected chi connectivity index (χ0v) is 17.8. The van der Waals surface area contributed by atoms with Gasteiger partial charge in [-0.05, 0) is 31.9 Å². The first-order valence-corrected chi connectivity index (χ1v) is 10.7. The van der Waals surface area contributed by atoms with Gasteiger partial charge in [-0.1, -0.05) is 36.4 Å². The Labute approximate surface area is 181 Å². The Balaban J connectivity index is 1.35. The van der Waals surface area contributed by atoms with E-state index in [-0.39, 0.29) is 5.56 Å². The molecule has 1 atom stereocenters. The summed E-state index contributed by atoms with van der Waals surface area (Å²) >= 11 is 0. The van der Waals surface area contributed by atoms with E-state index in [2.05, 4.69) is 41.0 Å². The molecule has 1 saturated heterocycles. The van der Waals surface area contributed by atoms with Crippen LogP contribution in [0.25, 0.3) is 5.82 Å². The van der Waals surface area contributed by atoms with E-state index in [1.165, 1.54) is 11.8 Å². The highest BCUT2D eigenvalue weighted by molar-refractivity contribution is 5.56. The standard InChI is InChI=1S/C24H27N5O2/c1-16(2)29-14-18-8-9-20-24(23(18)27-29)26-21(13-25-20)28-11-10-19(12-22(28)30)31-15-17-6-4-3-5-7-17/h3-7,9-13,16,18,25-27H,8,14-15H2,1-2H3. The quantitative estimate of drug-likeness (QED) is 0.695. The van der Waals surface area contributed by atoms with E-state index in [1.807, 2.05) is 42.6 Å². The number of benzene rings is 1. The predicted octanol–water partition coefficient (Wildman–Crippen LogP) is 2.72. The number of rotatable bonds is 5. The SMILES string of the molecule is CC(C)N1CC2CC=C3NC=C(n4ccc(OCc5ccccc5)cc4=O)NC3=C2N1. The van der Waals surface area contributed by atoms with Gasteiger partial charge in [0.15, 0.2) is 0 Å². The molecule has 31 heavy (non-hydrogen) atoms. The summed E-state index contributed by atoms with van der Waals surface area (Å²) in [7, 11) is 0. The summed E-state index contributed by atoms with van der Waals surface area (Å²) in [6.45, 7) is 5.77. The lowest BCUT2D eigenvalue weighted by atomic mass is 9.94. The first-order chi connectivity index (χ1) is 15.1. The maximum Gasteiger partial charge on any atom is 0.259 e. The average Bonchev–Trinajstić information content (AvgIpc) is 3.24. The molecule has 1 aliphatic carbocycles. The number of nitrogens with one attached hydrogen (secondary N) is 3. The molecule has 1 unspecified atom stereocenters. The van der Waals surface area contributed by atoms with Crippen LogP contribution >= 0.6 is 0 Å². The topological polar surface area (TPSA) is 70.6 Å². The van der Waals surface area contributed by atoms with Crippen molar-refractivity contribution in [3.05, 3.63) is 93.9 Å². The van der Waals surface area contributed by atoms with Crippen molar-refractivity contribution in [1.82, 2.24) is 25.6 Å². The van der Waals surface area contributed by atoms with Crippen LogP contribution in [0.5, 0.6) is 5.75 Å². The van der Waals surface area contributed by atoms with Crippen LogP contribution in [0, 0.1) is 5.92 Å². The summed E-state index contributed by atoms with van der Waals surface area (Å²) in [6.07, 6.45) is 6.79. The van der Waals surface area contributed by atoms with Gasteiger partial charge in [0.2, 0.25) is 0 Å². The summed E-state index contributed by atoms with van der Waals surface area (Å²) in [5.74, 6) is 1.67. The lowest BCUT2D eigenvalue weighted by Gasteiger charge is -2.29. The number of fused-ring (bicyclic) bond motifs is 2. The molecule has 3 aliphatic rings. The fraction of sp³-hybridized carbons (Fsp3) is 0.292. The smallest absolute Gasteiger partial charge is 0.259 e. The van der Waals surface area contributed by atoms with Crippen molar-refractivity contribution in [2.24, 2.45) is 5.92 Å². The third-order valence-corrected chi connectivity index (χ3v) is 5.87. The molecule has 0 amide bonds. The van der Waals surface area contributed by atoms with E-state index in [1.54, 1.807) is 10.8 Å². The van der Waals surface area contributed by atoms with Crippen LogP contribution < -0.4 is 26.4 Å². The Morgan fingerprint density at radius 2 is 2.03 bits per heavy atom. The summed E-state index contributed by atoms with van der Waals surface area (Å²) in [4.78, 5) is 12.8. The number of ether oxygens (including phenoxy) is 1. The molecule has 0 saturated carbocycles. The number of hydrazine groups is 1. The van der Waals surface area contributed by atoms with Crippen molar-refractivity contribution in [1.29, 1.82) is 0 Å². The molecule has 0 bridgehead atoms. The first kappa shape index (κ1) is 19.5. The number of allylic oxidation sites excluding steroid dienone is 1. The van der Waals surface area contributed by atoms with Gasteiger partial charge >= 0.3 is 0 Å². The third kappa shape index (κ3) is 3.84. The molecule has 2 aromatic rings.